The number of nitrogens with zero attached hydrogens (tertiary/aromatic N) is 2. The van der Waals surface area contributed by atoms with Gasteiger partial charge in [-0.05, 0) is 36.3 Å². The highest BCUT2D eigenvalue weighted by Crippen LogP contribution is 2.23. The van der Waals surface area contributed by atoms with E-state index in [0.717, 1.165) is 57.9 Å². The Morgan fingerprint density at radius 3 is 2.48 bits per heavy atom. The van der Waals surface area contributed by atoms with Crippen molar-refractivity contribution in [3.63, 3.8) is 0 Å². The predicted octanol–water partition coefficient (Wildman–Crippen LogP) is 2.88. The number of halogens is 1. The fourth-order valence-corrected chi connectivity index (χ4v) is 3.77. The van der Waals surface area contributed by atoms with Crippen molar-refractivity contribution in [3.05, 3.63) is 35.4 Å². The summed E-state index contributed by atoms with van der Waals surface area (Å²) in [6.07, 6.45) is 3.36. The number of likely N-dealkylation sites (tertiary alicyclic amines) is 1. The molecule has 2 aliphatic rings. The topological polar surface area (TPSA) is 35.6 Å². The number of amides is 1. The fraction of sp³-hybridized carbons (Fsp3) is 0.650. The van der Waals surface area contributed by atoms with E-state index < -0.39 is 0 Å². The van der Waals surface area contributed by atoms with Crippen LogP contribution in [0, 0.1) is 5.92 Å². The molecular weight excluding hydrogens is 334 g/mol. The summed E-state index contributed by atoms with van der Waals surface area (Å²) in [5.41, 5.74) is 2.69. The second-order valence-corrected chi connectivity index (χ2v) is 7.35. The van der Waals surface area contributed by atoms with E-state index in [0.29, 0.717) is 18.5 Å². The molecule has 0 aromatic heterocycles. The van der Waals surface area contributed by atoms with Crippen molar-refractivity contribution in [2.45, 2.75) is 39.2 Å². The highest BCUT2D eigenvalue weighted by Gasteiger charge is 2.28. The Kier molecular flexibility index (Phi) is 7.73. The minimum absolute atomic E-state index is 0. The molecular formula is C20H32ClN3O. The smallest absolute Gasteiger partial charge is 0.236 e. The van der Waals surface area contributed by atoms with Crippen LogP contribution in [0.2, 0.25) is 0 Å². The first-order valence-electron chi connectivity index (χ1n) is 9.48. The molecule has 0 radical (unpaired) electrons. The molecule has 1 unspecified atom stereocenters. The van der Waals surface area contributed by atoms with Crippen LogP contribution in [0.5, 0.6) is 0 Å². The second kappa shape index (κ2) is 9.56. The van der Waals surface area contributed by atoms with Crippen LogP contribution in [-0.4, -0.2) is 55.0 Å². The van der Waals surface area contributed by atoms with Crippen molar-refractivity contribution in [1.29, 1.82) is 0 Å². The Labute approximate surface area is 158 Å². The summed E-state index contributed by atoms with van der Waals surface area (Å²) in [6, 6.07) is 9.20. The summed E-state index contributed by atoms with van der Waals surface area (Å²) in [6.45, 7) is 9.72. The SMILES string of the molecule is CCc1ccc(C2CNCCN2CC(=O)N2CCC(C)CC2)cc1.Cl. The minimum Gasteiger partial charge on any atom is -0.342 e. The molecule has 2 aliphatic heterocycles. The second-order valence-electron chi connectivity index (χ2n) is 7.35. The maximum atomic E-state index is 12.7. The molecule has 0 aliphatic carbocycles. The van der Waals surface area contributed by atoms with Crippen LogP contribution in [0.3, 0.4) is 0 Å². The van der Waals surface area contributed by atoms with Crippen molar-refractivity contribution in [1.82, 2.24) is 15.1 Å². The number of carbonyl (C=O) groups is 1. The third-order valence-corrected chi connectivity index (χ3v) is 5.60. The Balaban J connectivity index is 0.00000225. The van der Waals surface area contributed by atoms with Gasteiger partial charge in [-0.2, -0.15) is 0 Å². The molecule has 1 atom stereocenters. The van der Waals surface area contributed by atoms with E-state index >= 15 is 0 Å². The Hall–Kier alpha value is -1.10. The molecule has 25 heavy (non-hydrogen) atoms. The minimum atomic E-state index is 0. The molecule has 140 valence electrons. The number of rotatable bonds is 4. The third kappa shape index (κ3) is 5.19. The zero-order valence-corrected chi connectivity index (χ0v) is 16.4. The quantitative estimate of drug-likeness (QED) is 0.891. The van der Waals surface area contributed by atoms with Crippen LogP contribution in [0.15, 0.2) is 24.3 Å². The molecule has 5 heteroatoms. The number of nitrogens with one attached hydrogen (secondary N) is 1. The first-order chi connectivity index (χ1) is 11.7. The van der Waals surface area contributed by atoms with Gasteiger partial charge in [0.1, 0.15) is 0 Å². The normalized spacial score (nSPS) is 22.5. The molecule has 3 rings (SSSR count). The lowest BCUT2D eigenvalue weighted by atomic mass is 9.99. The van der Waals surface area contributed by atoms with Gasteiger partial charge in [-0.3, -0.25) is 9.69 Å². The van der Waals surface area contributed by atoms with E-state index in [9.17, 15) is 4.79 Å². The molecule has 0 bridgehead atoms. The van der Waals surface area contributed by atoms with Gasteiger partial charge in [0.2, 0.25) is 5.91 Å². The molecule has 4 nitrogen and oxygen atoms in total. The zero-order valence-electron chi connectivity index (χ0n) is 15.5. The Bertz CT molecular complexity index is 540. The number of piperazine rings is 1. The number of piperidine rings is 1. The maximum absolute atomic E-state index is 12.7. The van der Waals surface area contributed by atoms with Crippen molar-refractivity contribution in [2.75, 3.05) is 39.3 Å². The van der Waals surface area contributed by atoms with Gasteiger partial charge in [0, 0.05) is 38.8 Å². The monoisotopic (exact) mass is 365 g/mol. The number of hydrogen-bond acceptors (Lipinski definition) is 3. The van der Waals surface area contributed by atoms with Crippen LogP contribution < -0.4 is 5.32 Å². The van der Waals surface area contributed by atoms with Crippen molar-refractivity contribution in [2.24, 2.45) is 5.92 Å². The fourth-order valence-electron chi connectivity index (χ4n) is 3.77. The molecule has 0 saturated carbocycles. The van der Waals surface area contributed by atoms with Gasteiger partial charge in [-0.1, -0.05) is 38.1 Å². The number of benzene rings is 1. The summed E-state index contributed by atoms with van der Waals surface area (Å²) in [7, 11) is 0. The van der Waals surface area contributed by atoms with Crippen LogP contribution in [0.1, 0.15) is 43.9 Å². The molecule has 1 aromatic carbocycles. The number of hydrogen-bond donors (Lipinski definition) is 1. The highest BCUT2D eigenvalue weighted by atomic mass is 35.5. The van der Waals surface area contributed by atoms with E-state index in [1.807, 2.05) is 0 Å². The van der Waals surface area contributed by atoms with Crippen molar-refractivity contribution < 1.29 is 4.79 Å². The van der Waals surface area contributed by atoms with Crippen LogP contribution in [0.4, 0.5) is 0 Å². The summed E-state index contributed by atoms with van der Waals surface area (Å²) < 4.78 is 0. The van der Waals surface area contributed by atoms with E-state index in [1.54, 1.807) is 0 Å². The lowest BCUT2D eigenvalue weighted by Crippen LogP contribution is -2.51. The van der Waals surface area contributed by atoms with Crippen LogP contribution >= 0.6 is 12.4 Å². The molecule has 2 fully saturated rings. The third-order valence-electron chi connectivity index (χ3n) is 5.60. The van der Waals surface area contributed by atoms with Gasteiger partial charge in [0.15, 0.2) is 0 Å². The Morgan fingerprint density at radius 2 is 1.84 bits per heavy atom. The van der Waals surface area contributed by atoms with Crippen molar-refractivity contribution >= 4 is 18.3 Å². The van der Waals surface area contributed by atoms with E-state index in [-0.39, 0.29) is 12.4 Å². The molecule has 2 heterocycles. The average Bonchev–Trinajstić information content (AvgIpc) is 2.63. The maximum Gasteiger partial charge on any atom is 0.236 e. The van der Waals surface area contributed by atoms with Gasteiger partial charge in [-0.25, -0.2) is 0 Å². The molecule has 1 N–H and O–H groups in total. The zero-order chi connectivity index (χ0) is 16.9. The lowest BCUT2D eigenvalue weighted by molar-refractivity contribution is -0.134. The summed E-state index contributed by atoms with van der Waals surface area (Å²) in [5, 5.41) is 3.48. The largest absolute Gasteiger partial charge is 0.342 e. The summed E-state index contributed by atoms with van der Waals surface area (Å²) in [4.78, 5) is 17.1. The van der Waals surface area contributed by atoms with E-state index in [2.05, 4.69) is 53.2 Å². The van der Waals surface area contributed by atoms with Gasteiger partial charge in [-0.15, -0.1) is 12.4 Å². The molecule has 1 amide bonds. The standard InChI is InChI=1S/C20H31N3O.ClH/c1-3-17-4-6-18(7-5-17)19-14-21-10-13-23(19)15-20(24)22-11-8-16(2)9-12-22;/h4-7,16,19,21H,3,8-15H2,1-2H3;1H. The molecule has 1 aromatic rings. The lowest BCUT2D eigenvalue weighted by Gasteiger charge is -2.38. The van der Waals surface area contributed by atoms with Gasteiger partial charge >= 0.3 is 0 Å². The Morgan fingerprint density at radius 1 is 1.16 bits per heavy atom. The van der Waals surface area contributed by atoms with Crippen LogP contribution in [-0.2, 0) is 11.2 Å². The van der Waals surface area contributed by atoms with Crippen molar-refractivity contribution in [3.8, 4) is 0 Å². The average molecular weight is 366 g/mol. The first kappa shape index (κ1) is 20.2. The van der Waals surface area contributed by atoms with Crippen LogP contribution in [0.25, 0.3) is 0 Å². The van der Waals surface area contributed by atoms with Gasteiger partial charge in [0.25, 0.3) is 0 Å². The summed E-state index contributed by atoms with van der Waals surface area (Å²) in [5.74, 6) is 1.07. The highest BCUT2D eigenvalue weighted by molar-refractivity contribution is 5.85. The number of carbonyl (C=O) groups excluding carboxylic acids is 1. The number of aryl methyl sites for hydroxylation is 1. The van der Waals surface area contributed by atoms with Gasteiger partial charge in [0.05, 0.1) is 6.54 Å². The van der Waals surface area contributed by atoms with Gasteiger partial charge < -0.3 is 10.2 Å². The van der Waals surface area contributed by atoms with E-state index in [4.69, 9.17) is 0 Å². The molecule has 2 saturated heterocycles. The first-order valence-corrected chi connectivity index (χ1v) is 9.48. The summed E-state index contributed by atoms with van der Waals surface area (Å²) >= 11 is 0. The van der Waals surface area contributed by atoms with E-state index in [1.165, 1.54) is 11.1 Å². The molecule has 0 spiro atoms. The predicted molar refractivity (Wildman–Crippen MR) is 105 cm³/mol.